The van der Waals surface area contributed by atoms with E-state index < -0.39 is 0 Å². The van der Waals surface area contributed by atoms with Crippen molar-refractivity contribution in [2.75, 3.05) is 26.7 Å². The maximum Gasteiger partial charge on any atom is 0.0434 e. The van der Waals surface area contributed by atoms with E-state index >= 15 is 0 Å². The maximum atomic E-state index is 9.59. The molecule has 0 unspecified atom stereocenters. The highest BCUT2D eigenvalue weighted by Crippen LogP contribution is 2.36. The molecular formula is C30H36ClNO. The number of nitrogens with zero attached hydrogens (tertiary/aromatic N) is 1. The molecule has 0 saturated carbocycles. The van der Waals surface area contributed by atoms with Gasteiger partial charge in [-0.15, -0.1) is 12.4 Å². The zero-order valence-electron chi connectivity index (χ0n) is 19.8. The van der Waals surface area contributed by atoms with E-state index in [0.717, 1.165) is 12.8 Å². The van der Waals surface area contributed by atoms with Gasteiger partial charge in [0.05, 0.1) is 0 Å². The van der Waals surface area contributed by atoms with Crippen molar-refractivity contribution in [2.45, 2.75) is 38.5 Å². The van der Waals surface area contributed by atoms with Crippen molar-refractivity contribution in [3.05, 3.63) is 107 Å². The Morgan fingerprint density at radius 2 is 1.39 bits per heavy atom. The summed E-state index contributed by atoms with van der Waals surface area (Å²) < 4.78 is 0. The average Bonchev–Trinajstić information content (AvgIpc) is 2.84. The summed E-state index contributed by atoms with van der Waals surface area (Å²) in [5.74, 6) is 0.662. The first-order valence-corrected chi connectivity index (χ1v) is 11.9. The lowest BCUT2D eigenvalue weighted by Gasteiger charge is -2.29. The minimum Gasteiger partial charge on any atom is -0.396 e. The molecule has 1 saturated heterocycles. The Morgan fingerprint density at radius 1 is 0.818 bits per heavy atom. The number of rotatable bonds is 7. The summed E-state index contributed by atoms with van der Waals surface area (Å²) in [6, 6.07) is 28.8. The topological polar surface area (TPSA) is 23.5 Å². The fourth-order valence-electron chi connectivity index (χ4n) is 4.81. The Labute approximate surface area is 205 Å². The summed E-state index contributed by atoms with van der Waals surface area (Å²) in [6.45, 7) is 4.69. The van der Waals surface area contributed by atoms with Crippen LogP contribution in [0, 0.1) is 6.92 Å². The van der Waals surface area contributed by atoms with Gasteiger partial charge in [-0.2, -0.15) is 0 Å². The minimum absolute atomic E-state index is 0. The van der Waals surface area contributed by atoms with E-state index in [1.807, 2.05) is 0 Å². The van der Waals surface area contributed by atoms with Crippen LogP contribution in [0.3, 0.4) is 0 Å². The van der Waals surface area contributed by atoms with Crippen LogP contribution in [0.2, 0.25) is 0 Å². The molecule has 0 bridgehead atoms. The van der Waals surface area contributed by atoms with Gasteiger partial charge in [0.15, 0.2) is 0 Å². The van der Waals surface area contributed by atoms with Crippen molar-refractivity contribution in [3.8, 4) is 0 Å². The van der Waals surface area contributed by atoms with E-state index in [9.17, 15) is 5.11 Å². The van der Waals surface area contributed by atoms with Gasteiger partial charge < -0.3 is 10.0 Å². The number of likely N-dealkylation sites (tertiary alicyclic amines) is 1. The number of hydrogen-bond donors (Lipinski definition) is 1. The average molecular weight is 462 g/mol. The van der Waals surface area contributed by atoms with Crippen molar-refractivity contribution in [1.29, 1.82) is 0 Å². The molecule has 0 spiro atoms. The number of allylic oxidation sites excluding steroid dienone is 1. The number of aryl methyl sites for hydroxylation is 1. The highest BCUT2D eigenvalue weighted by atomic mass is 35.5. The van der Waals surface area contributed by atoms with Crippen molar-refractivity contribution in [2.24, 2.45) is 0 Å². The monoisotopic (exact) mass is 461 g/mol. The number of hydrogen-bond acceptors (Lipinski definition) is 2. The molecule has 33 heavy (non-hydrogen) atoms. The van der Waals surface area contributed by atoms with Gasteiger partial charge in [0.25, 0.3) is 0 Å². The Kier molecular flexibility index (Phi) is 9.31. The van der Waals surface area contributed by atoms with Crippen molar-refractivity contribution >= 4 is 23.6 Å². The highest BCUT2D eigenvalue weighted by molar-refractivity contribution is 5.98. The lowest BCUT2D eigenvalue weighted by molar-refractivity contribution is 0.255. The second kappa shape index (κ2) is 12.2. The van der Waals surface area contributed by atoms with E-state index in [4.69, 9.17) is 0 Å². The largest absolute Gasteiger partial charge is 0.396 e. The van der Waals surface area contributed by atoms with Gasteiger partial charge in [0.1, 0.15) is 0 Å². The van der Waals surface area contributed by atoms with Crippen LogP contribution in [-0.4, -0.2) is 36.8 Å². The van der Waals surface area contributed by atoms with Crippen molar-refractivity contribution < 1.29 is 5.11 Å². The summed E-state index contributed by atoms with van der Waals surface area (Å²) in [6.07, 6.45) is 4.08. The third kappa shape index (κ3) is 6.35. The molecule has 3 aromatic carbocycles. The Balaban J connectivity index is 0.00000306. The number of halogens is 1. The first kappa shape index (κ1) is 25.2. The quantitative estimate of drug-likeness (QED) is 0.384. The molecule has 0 radical (unpaired) electrons. The van der Waals surface area contributed by atoms with Crippen LogP contribution >= 0.6 is 12.4 Å². The summed E-state index contributed by atoms with van der Waals surface area (Å²) in [5.41, 5.74) is 9.02. The molecule has 1 aliphatic heterocycles. The van der Waals surface area contributed by atoms with E-state index in [-0.39, 0.29) is 19.0 Å². The Morgan fingerprint density at radius 3 is 1.97 bits per heavy atom. The fourth-order valence-corrected chi connectivity index (χ4v) is 4.81. The first-order valence-electron chi connectivity index (χ1n) is 11.9. The van der Waals surface area contributed by atoms with Crippen molar-refractivity contribution in [1.82, 2.24) is 4.90 Å². The van der Waals surface area contributed by atoms with Gasteiger partial charge in [-0.25, -0.2) is 0 Å². The van der Waals surface area contributed by atoms with Crippen LogP contribution < -0.4 is 0 Å². The van der Waals surface area contributed by atoms with E-state index in [1.54, 1.807) is 0 Å². The van der Waals surface area contributed by atoms with Crippen LogP contribution in [0.5, 0.6) is 0 Å². The molecule has 4 rings (SSSR count). The van der Waals surface area contributed by atoms with Crippen LogP contribution in [-0.2, 0) is 0 Å². The summed E-state index contributed by atoms with van der Waals surface area (Å²) in [4.78, 5) is 2.43. The van der Waals surface area contributed by atoms with Crippen molar-refractivity contribution in [3.63, 3.8) is 0 Å². The molecule has 1 heterocycles. The standard InChI is InChI=1S/C30H35NO.ClH/c1-23-10-12-27(13-11-23)30(29(9-6-22-32)26-7-4-3-5-8-26)28-16-14-24(15-17-28)25-18-20-31(2)21-19-25;/h3-5,7-8,10-17,25,32H,6,9,18-22H2,1-2H3;1H/b30-29-;. The lowest BCUT2D eigenvalue weighted by atomic mass is 9.85. The summed E-state index contributed by atoms with van der Waals surface area (Å²) in [5, 5.41) is 9.59. The maximum absolute atomic E-state index is 9.59. The molecule has 1 N–H and O–H groups in total. The van der Waals surface area contributed by atoms with Crippen LogP contribution in [0.25, 0.3) is 11.1 Å². The van der Waals surface area contributed by atoms with Gasteiger partial charge in [-0.1, -0.05) is 84.4 Å². The van der Waals surface area contributed by atoms with Gasteiger partial charge in [-0.3, -0.25) is 0 Å². The number of benzene rings is 3. The second-order valence-corrected chi connectivity index (χ2v) is 9.11. The van der Waals surface area contributed by atoms with Gasteiger partial charge >= 0.3 is 0 Å². The predicted octanol–water partition coefficient (Wildman–Crippen LogP) is 6.96. The van der Waals surface area contributed by atoms with Crippen LogP contribution in [0.1, 0.15) is 59.4 Å². The summed E-state index contributed by atoms with van der Waals surface area (Å²) in [7, 11) is 2.22. The Hall–Kier alpha value is -2.39. The SMILES string of the molecule is Cc1ccc(/C(=C(\CCCO)c2ccccc2)c2ccc(C3CCN(C)CC3)cc2)cc1.Cl. The molecule has 1 fully saturated rings. The molecule has 3 aromatic rings. The van der Waals surface area contributed by atoms with E-state index in [2.05, 4.69) is 97.7 Å². The van der Waals surface area contributed by atoms with Crippen LogP contribution in [0.4, 0.5) is 0 Å². The normalized spacial score (nSPS) is 15.6. The first-order chi connectivity index (χ1) is 15.7. The van der Waals surface area contributed by atoms with E-state index in [0.29, 0.717) is 5.92 Å². The molecule has 3 heteroatoms. The van der Waals surface area contributed by atoms with Gasteiger partial charge in [0, 0.05) is 6.61 Å². The summed E-state index contributed by atoms with van der Waals surface area (Å²) >= 11 is 0. The predicted molar refractivity (Wildman–Crippen MR) is 143 cm³/mol. The molecule has 0 amide bonds. The minimum atomic E-state index is 0. The third-order valence-electron chi connectivity index (χ3n) is 6.74. The Bertz CT molecular complexity index is 1020. The molecule has 1 aliphatic rings. The molecule has 2 nitrogen and oxygen atoms in total. The zero-order chi connectivity index (χ0) is 22.3. The second-order valence-electron chi connectivity index (χ2n) is 9.11. The molecule has 0 atom stereocenters. The molecule has 0 aliphatic carbocycles. The lowest BCUT2D eigenvalue weighted by Crippen LogP contribution is -2.29. The molecule has 174 valence electrons. The smallest absolute Gasteiger partial charge is 0.0434 e. The number of piperidine rings is 1. The van der Waals surface area contributed by atoms with Gasteiger partial charge in [-0.05, 0) is 92.1 Å². The van der Waals surface area contributed by atoms with Gasteiger partial charge in [0.2, 0.25) is 0 Å². The number of aliphatic hydroxyl groups is 1. The third-order valence-corrected chi connectivity index (χ3v) is 6.74. The van der Waals surface area contributed by atoms with E-state index in [1.165, 1.54) is 64.9 Å². The molecule has 0 aromatic heterocycles. The zero-order valence-corrected chi connectivity index (χ0v) is 20.7. The molecular weight excluding hydrogens is 426 g/mol. The number of aliphatic hydroxyl groups excluding tert-OH is 1. The fraction of sp³-hybridized carbons (Fsp3) is 0.333. The highest BCUT2D eigenvalue weighted by Gasteiger charge is 2.19. The van der Waals surface area contributed by atoms with Crippen LogP contribution in [0.15, 0.2) is 78.9 Å².